The SMILES string of the molecule is COCCN(CCOC)c1ccc([C@@H](C)N)cc1F. The van der Waals surface area contributed by atoms with Crippen LogP contribution in [0, 0.1) is 5.82 Å². The van der Waals surface area contributed by atoms with Crippen molar-refractivity contribution in [2.75, 3.05) is 45.4 Å². The number of hydrogen-bond acceptors (Lipinski definition) is 4. The first-order valence-electron chi connectivity index (χ1n) is 6.38. The molecule has 0 aliphatic carbocycles. The summed E-state index contributed by atoms with van der Waals surface area (Å²) < 4.78 is 24.2. The smallest absolute Gasteiger partial charge is 0.146 e. The van der Waals surface area contributed by atoms with Gasteiger partial charge in [-0.25, -0.2) is 4.39 Å². The lowest BCUT2D eigenvalue weighted by atomic mass is 10.1. The van der Waals surface area contributed by atoms with Crippen LogP contribution in [0.3, 0.4) is 0 Å². The van der Waals surface area contributed by atoms with Crippen LogP contribution >= 0.6 is 0 Å². The van der Waals surface area contributed by atoms with Crippen molar-refractivity contribution in [2.24, 2.45) is 5.73 Å². The third-order valence-corrected chi connectivity index (χ3v) is 2.97. The molecule has 4 nitrogen and oxygen atoms in total. The van der Waals surface area contributed by atoms with E-state index in [9.17, 15) is 4.39 Å². The Labute approximate surface area is 114 Å². The fourth-order valence-corrected chi connectivity index (χ4v) is 1.82. The van der Waals surface area contributed by atoms with Crippen LogP contribution in [0.1, 0.15) is 18.5 Å². The van der Waals surface area contributed by atoms with Gasteiger partial charge < -0.3 is 20.1 Å². The van der Waals surface area contributed by atoms with E-state index < -0.39 is 0 Å². The number of nitrogens with zero attached hydrogens (tertiary/aromatic N) is 1. The third kappa shape index (κ3) is 4.78. The Balaban J connectivity index is 2.87. The van der Waals surface area contributed by atoms with Crippen molar-refractivity contribution < 1.29 is 13.9 Å². The molecule has 0 saturated carbocycles. The number of benzene rings is 1. The molecule has 0 aliphatic rings. The molecule has 1 rings (SSSR count). The molecule has 1 aromatic carbocycles. The zero-order chi connectivity index (χ0) is 14.3. The average Bonchev–Trinajstić information content (AvgIpc) is 2.39. The molecular weight excluding hydrogens is 247 g/mol. The van der Waals surface area contributed by atoms with Gasteiger partial charge in [-0.3, -0.25) is 0 Å². The number of hydrogen-bond donors (Lipinski definition) is 1. The molecule has 0 aromatic heterocycles. The molecule has 0 unspecified atom stereocenters. The van der Waals surface area contributed by atoms with Crippen molar-refractivity contribution in [1.29, 1.82) is 0 Å². The van der Waals surface area contributed by atoms with Crippen LogP contribution in [0.4, 0.5) is 10.1 Å². The molecule has 1 aromatic rings. The van der Waals surface area contributed by atoms with Gasteiger partial charge in [-0.1, -0.05) is 6.07 Å². The van der Waals surface area contributed by atoms with E-state index in [-0.39, 0.29) is 11.9 Å². The zero-order valence-electron chi connectivity index (χ0n) is 11.9. The lowest BCUT2D eigenvalue weighted by molar-refractivity contribution is 0.190. The predicted molar refractivity (Wildman–Crippen MR) is 75.0 cm³/mol. The molecule has 19 heavy (non-hydrogen) atoms. The number of methoxy groups -OCH3 is 2. The number of rotatable bonds is 8. The van der Waals surface area contributed by atoms with Crippen LogP contribution in [0.25, 0.3) is 0 Å². The number of halogens is 1. The highest BCUT2D eigenvalue weighted by molar-refractivity contribution is 5.49. The first-order chi connectivity index (χ1) is 9.10. The number of nitrogens with two attached hydrogens (primary N) is 1. The highest BCUT2D eigenvalue weighted by atomic mass is 19.1. The Morgan fingerprint density at radius 3 is 2.21 bits per heavy atom. The minimum absolute atomic E-state index is 0.171. The van der Waals surface area contributed by atoms with E-state index in [1.807, 2.05) is 17.9 Å². The van der Waals surface area contributed by atoms with E-state index in [1.54, 1.807) is 20.3 Å². The first kappa shape index (κ1) is 15.9. The van der Waals surface area contributed by atoms with Crippen molar-refractivity contribution in [1.82, 2.24) is 0 Å². The third-order valence-electron chi connectivity index (χ3n) is 2.97. The minimum atomic E-state index is -0.262. The quantitative estimate of drug-likeness (QED) is 0.784. The van der Waals surface area contributed by atoms with Crippen molar-refractivity contribution in [3.63, 3.8) is 0 Å². The van der Waals surface area contributed by atoms with Gasteiger partial charge in [0.1, 0.15) is 5.82 Å². The molecule has 5 heteroatoms. The summed E-state index contributed by atoms with van der Waals surface area (Å²) in [4.78, 5) is 1.91. The molecule has 108 valence electrons. The Kier molecular flexibility index (Phi) is 6.77. The van der Waals surface area contributed by atoms with Crippen LogP contribution in [0.5, 0.6) is 0 Å². The molecule has 1 atom stereocenters. The summed E-state index contributed by atoms with van der Waals surface area (Å²) in [7, 11) is 3.26. The van der Waals surface area contributed by atoms with Crippen molar-refractivity contribution in [3.05, 3.63) is 29.6 Å². The summed E-state index contributed by atoms with van der Waals surface area (Å²) in [5.74, 6) is -0.262. The highest BCUT2D eigenvalue weighted by Crippen LogP contribution is 2.22. The number of anilines is 1. The summed E-state index contributed by atoms with van der Waals surface area (Å²) in [6.45, 7) is 4.15. The molecule has 0 spiro atoms. The first-order valence-corrected chi connectivity index (χ1v) is 6.38. The van der Waals surface area contributed by atoms with E-state index in [4.69, 9.17) is 15.2 Å². The maximum Gasteiger partial charge on any atom is 0.146 e. The van der Waals surface area contributed by atoms with Gasteiger partial charge in [0.2, 0.25) is 0 Å². The van der Waals surface area contributed by atoms with Gasteiger partial charge in [-0.15, -0.1) is 0 Å². The van der Waals surface area contributed by atoms with Gasteiger partial charge in [-0.05, 0) is 24.6 Å². The largest absolute Gasteiger partial charge is 0.383 e. The van der Waals surface area contributed by atoms with Gasteiger partial charge in [-0.2, -0.15) is 0 Å². The van der Waals surface area contributed by atoms with Gasteiger partial charge >= 0.3 is 0 Å². The monoisotopic (exact) mass is 270 g/mol. The summed E-state index contributed by atoms with van der Waals surface area (Å²) in [5.41, 5.74) is 7.09. The molecule has 2 N–H and O–H groups in total. The summed E-state index contributed by atoms with van der Waals surface area (Å²) in [6.07, 6.45) is 0. The summed E-state index contributed by atoms with van der Waals surface area (Å²) in [6, 6.07) is 4.94. The van der Waals surface area contributed by atoms with E-state index in [0.29, 0.717) is 32.0 Å². The lowest BCUT2D eigenvalue weighted by Crippen LogP contribution is -2.31. The predicted octanol–water partition coefficient (Wildman–Crippen LogP) is 1.94. The Hall–Kier alpha value is -1.17. The van der Waals surface area contributed by atoms with E-state index in [2.05, 4.69) is 0 Å². The van der Waals surface area contributed by atoms with Crippen molar-refractivity contribution >= 4 is 5.69 Å². The zero-order valence-corrected chi connectivity index (χ0v) is 11.9. The second kappa shape index (κ2) is 8.09. The van der Waals surface area contributed by atoms with Crippen LogP contribution in [-0.4, -0.2) is 40.5 Å². The topological polar surface area (TPSA) is 47.7 Å². The Morgan fingerprint density at radius 2 is 1.79 bits per heavy atom. The molecule has 0 saturated heterocycles. The Morgan fingerprint density at radius 1 is 1.21 bits per heavy atom. The van der Waals surface area contributed by atoms with Gasteiger partial charge in [0.25, 0.3) is 0 Å². The lowest BCUT2D eigenvalue weighted by Gasteiger charge is -2.25. The van der Waals surface area contributed by atoms with E-state index in [0.717, 1.165) is 5.56 Å². The maximum absolute atomic E-state index is 14.1. The van der Waals surface area contributed by atoms with E-state index >= 15 is 0 Å². The van der Waals surface area contributed by atoms with Crippen LogP contribution in [0.15, 0.2) is 18.2 Å². The molecule has 0 amide bonds. The van der Waals surface area contributed by atoms with Crippen LogP contribution in [-0.2, 0) is 9.47 Å². The standard InChI is InChI=1S/C14H23FN2O2/c1-11(16)12-4-5-14(13(15)10-12)17(6-8-18-2)7-9-19-3/h4-5,10-11H,6-9,16H2,1-3H3/t11-/m1/s1. The second-order valence-electron chi connectivity index (χ2n) is 4.47. The van der Waals surface area contributed by atoms with E-state index in [1.165, 1.54) is 6.07 Å². The molecule has 0 radical (unpaired) electrons. The summed E-state index contributed by atoms with van der Waals surface area (Å²) in [5, 5.41) is 0. The summed E-state index contributed by atoms with van der Waals surface area (Å²) >= 11 is 0. The minimum Gasteiger partial charge on any atom is -0.383 e. The average molecular weight is 270 g/mol. The molecule has 0 fully saturated rings. The van der Waals surface area contributed by atoms with Crippen LogP contribution in [0.2, 0.25) is 0 Å². The molecule has 0 heterocycles. The fourth-order valence-electron chi connectivity index (χ4n) is 1.82. The van der Waals surface area contributed by atoms with Crippen molar-refractivity contribution in [2.45, 2.75) is 13.0 Å². The fraction of sp³-hybridized carbons (Fsp3) is 0.571. The molecular formula is C14H23FN2O2. The second-order valence-corrected chi connectivity index (χ2v) is 4.47. The normalized spacial score (nSPS) is 12.5. The highest BCUT2D eigenvalue weighted by Gasteiger charge is 2.13. The molecule has 0 aliphatic heterocycles. The molecule has 0 bridgehead atoms. The van der Waals surface area contributed by atoms with Gasteiger partial charge in [0.15, 0.2) is 0 Å². The van der Waals surface area contributed by atoms with Gasteiger partial charge in [0, 0.05) is 33.4 Å². The van der Waals surface area contributed by atoms with Crippen molar-refractivity contribution in [3.8, 4) is 0 Å². The Bertz CT molecular complexity index is 378. The number of ether oxygens (including phenoxy) is 2. The maximum atomic E-state index is 14.1. The van der Waals surface area contributed by atoms with Gasteiger partial charge in [0.05, 0.1) is 18.9 Å². The van der Waals surface area contributed by atoms with Crippen LogP contribution < -0.4 is 10.6 Å².